The highest BCUT2D eigenvalue weighted by Gasteiger charge is 2.22. The quantitative estimate of drug-likeness (QED) is 0.0493. The van der Waals surface area contributed by atoms with E-state index in [0.29, 0.717) is 19.4 Å². The van der Waals surface area contributed by atoms with E-state index in [4.69, 9.17) is 9.47 Å². The summed E-state index contributed by atoms with van der Waals surface area (Å²) in [5, 5.41) is 9.69. The van der Waals surface area contributed by atoms with Crippen LogP contribution in [0.2, 0.25) is 0 Å². The summed E-state index contributed by atoms with van der Waals surface area (Å²) in [6.45, 7) is 19.2. The molecule has 322 valence electrons. The highest BCUT2D eigenvalue weighted by Crippen LogP contribution is 2.30. The van der Waals surface area contributed by atoms with Gasteiger partial charge in [0, 0.05) is 19.4 Å². The lowest BCUT2D eigenvalue weighted by atomic mass is 9.82. The first kappa shape index (κ1) is 52.9. The van der Waals surface area contributed by atoms with Gasteiger partial charge in [-0.15, -0.1) is 0 Å². The number of esters is 2. The number of carbonyl (C=O) groups excluding carboxylic acids is 2. The normalized spacial score (nSPS) is 12.3. The molecule has 0 aliphatic heterocycles. The highest BCUT2D eigenvalue weighted by atomic mass is 16.5. The zero-order valence-corrected chi connectivity index (χ0v) is 37.6. The molecule has 0 fully saturated rings. The monoisotopic (exact) mass is 766 g/mol. The average Bonchev–Trinajstić information content (AvgIpc) is 3.13. The molecule has 1 N–H and O–H groups in total. The second-order valence-corrected chi connectivity index (χ2v) is 18.4. The molecule has 0 saturated heterocycles. The number of hydrogen-bond donors (Lipinski definition) is 1. The van der Waals surface area contributed by atoms with Gasteiger partial charge in [-0.2, -0.15) is 0 Å². The summed E-state index contributed by atoms with van der Waals surface area (Å²) in [6, 6.07) is 0. The van der Waals surface area contributed by atoms with Gasteiger partial charge in [-0.1, -0.05) is 170 Å². The van der Waals surface area contributed by atoms with Gasteiger partial charge in [-0.25, -0.2) is 0 Å². The van der Waals surface area contributed by atoms with Crippen LogP contribution >= 0.6 is 0 Å². The van der Waals surface area contributed by atoms with Gasteiger partial charge < -0.3 is 19.5 Å². The van der Waals surface area contributed by atoms with Crippen molar-refractivity contribution in [2.75, 3.05) is 32.8 Å². The van der Waals surface area contributed by atoms with Crippen molar-refractivity contribution in [1.29, 1.82) is 0 Å². The molecule has 0 aromatic rings. The van der Waals surface area contributed by atoms with Crippen molar-refractivity contribution in [1.82, 2.24) is 4.90 Å². The van der Waals surface area contributed by atoms with Crippen molar-refractivity contribution in [2.24, 2.45) is 10.8 Å². The number of hydrogen-bond acceptors (Lipinski definition) is 6. The Morgan fingerprint density at radius 1 is 0.500 bits per heavy atom. The lowest BCUT2D eigenvalue weighted by Gasteiger charge is -2.26. The van der Waals surface area contributed by atoms with Crippen molar-refractivity contribution < 1.29 is 24.2 Å². The van der Waals surface area contributed by atoms with Gasteiger partial charge in [0.1, 0.15) is 6.10 Å². The van der Waals surface area contributed by atoms with E-state index >= 15 is 0 Å². The van der Waals surface area contributed by atoms with E-state index in [1.54, 1.807) is 0 Å². The maximum absolute atomic E-state index is 13.0. The third-order valence-electron chi connectivity index (χ3n) is 11.5. The molecule has 0 aromatic heterocycles. The molecule has 0 amide bonds. The molecule has 0 bridgehead atoms. The smallest absolute Gasteiger partial charge is 0.306 e. The molecule has 0 radical (unpaired) electrons. The lowest BCUT2D eigenvalue weighted by Crippen LogP contribution is -2.29. The molecular formula is C48H95NO5. The number of carbonyl (C=O) groups is 2. The minimum absolute atomic E-state index is 0.00219. The fraction of sp³-hybridized carbons (Fsp3) is 0.958. The standard InChI is InChI=1S/C48H95NO5/c1-8-11-14-17-20-23-27-34-45(51)53-43-48(6,7)37-28-24-30-39-49(41-42-50)40-31-29-36-47(4,5)38-35-46(52)54-44(32-25-21-18-15-12-9-2)33-26-22-19-16-13-10-3/h44,50H,8-43H2,1-7H3. The molecule has 6 nitrogen and oxygen atoms in total. The zero-order valence-electron chi connectivity index (χ0n) is 37.6. The first-order valence-corrected chi connectivity index (χ1v) is 23.7. The Hall–Kier alpha value is -1.14. The first-order chi connectivity index (χ1) is 26.0. The fourth-order valence-electron chi connectivity index (χ4n) is 7.56. The van der Waals surface area contributed by atoms with Crippen LogP contribution < -0.4 is 0 Å². The Bertz CT molecular complexity index is 827. The third kappa shape index (κ3) is 35.3. The molecular weight excluding hydrogens is 671 g/mol. The van der Waals surface area contributed by atoms with Crippen LogP contribution in [-0.2, 0) is 19.1 Å². The summed E-state index contributed by atoms with van der Waals surface area (Å²) in [5.74, 6) is -0.0363. The molecule has 0 aliphatic rings. The second kappa shape index (κ2) is 36.2. The zero-order chi connectivity index (χ0) is 40.2. The molecule has 0 saturated carbocycles. The van der Waals surface area contributed by atoms with Crippen molar-refractivity contribution in [3.05, 3.63) is 0 Å². The van der Waals surface area contributed by atoms with Crippen molar-refractivity contribution in [2.45, 2.75) is 254 Å². The number of aliphatic hydroxyl groups is 1. The summed E-state index contributed by atoms with van der Waals surface area (Å²) >= 11 is 0. The topological polar surface area (TPSA) is 76.1 Å². The van der Waals surface area contributed by atoms with E-state index < -0.39 is 0 Å². The number of nitrogens with zero attached hydrogens (tertiary/aromatic N) is 1. The summed E-state index contributed by atoms with van der Waals surface area (Å²) in [4.78, 5) is 27.7. The lowest BCUT2D eigenvalue weighted by molar-refractivity contribution is -0.150. The number of ether oxygens (including phenoxy) is 2. The van der Waals surface area contributed by atoms with E-state index in [0.717, 1.165) is 96.7 Å². The molecule has 54 heavy (non-hydrogen) atoms. The summed E-state index contributed by atoms with van der Waals surface area (Å²) in [5.41, 5.74) is 0.122. The molecule has 0 spiro atoms. The van der Waals surface area contributed by atoms with Gasteiger partial charge >= 0.3 is 11.9 Å². The van der Waals surface area contributed by atoms with Crippen molar-refractivity contribution >= 4 is 11.9 Å². The number of aliphatic hydroxyl groups excluding tert-OH is 1. The number of rotatable bonds is 41. The molecule has 6 heteroatoms. The summed E-state index contributed by atoms with van der Waals surface area (Å²) < 4.78 is 11.8. The molecule has 0 rings (SSSR count). The predicted molar refractivity (Wildman–Crippen MR) is 232 cm³/mol. The molecule has 0 aromatic carbocycles. The predicted octanol–water partition coefficient (Wildman–Crippen LogP) is 13.9. The van der Waals surface area contributed by atoms with Crippen LogP contribution in [0.15, 0.2) is 0 Å². The van der Waals surface area contributed by atoms with Gasteiger partial charge in [-0.05, 0) is 88.1 Å². The minimum Gasteiger partial charge on any atom is -0.465 e. The van der Waals surface area contributed by atoms with Crippen LogP contribution in [0.25, 0.3) is 0 Å². The Morgan fingerprint density at radius 2 is 0.944 bits per heavy atom. The first-order valence-electron chi connectivity index (χ1n) is 23.7. The highest BCUT2D eigenvalue weighted by molar-refractivity contribution is 5.69. The molecule has 0 heterocycles. The second-order valence-electron chi connectivity index (χ2n) is 18.4. The SMILES string of the molecule is CCCCCCCCCC(=O)OCC(C)(C)CCCCCN(CCO)CCCCC(C)(C)CCC(=O)OC(CCCCCCCC)CCCCCCCC. The molecule has 0 unspecified atom stereocenters. The largest absolute Gasteiger partial charge is 0.465 e. The fourth-order valence-corrected chi connectivity index (χ4v) is 7.56. The van der Waals surface area contributed by atoms with Crippen LogP contribution in [0.3, 0.4) is 0 Å². The van der Waals surface area contributed by atoms with E-state index in [-0.39, 0.29) is 35.5 Å². The van der Waals surface area contributed by atoms with Crippen LogP contribution in [0.1, 0.15) is 248 Å². The van der Waals surface area contributed by atoms with Crippen molar-refractivity contribution in [3.8, 4) is 0 Å². The Morgan fingerprint density at radius 3 is 1.48 bits per heavy atom. The summed E-state index contributed by atoms with van der Waals surface area (Å²) in [6.07, 6.45) is 35.7. The number of unbranched alkanes of at least 4 members (excludes halogenated alkanes) is 19. The minimum atomic E-state index is -0.0384. The Labute approximate surface area is 337 Å². The van der Waals surface area contributed by atoms with E-state index in [9.17, 15) is 14.7 Å². The van der Waals surface area contributed by atoms with Gasteiger partial charge in [-0.3, -0.25) is 9.59 Å². The molecule has 0 atom stereocenters. The van der Waals surface area contributed by atoms with Crippen LogP contribution in [0.5, 0.6) is 0 Å². The third-order valence-corrected chi connectivity index (χ3v) is 11.5. The van der Waals surface area contributed by atoms with Crippen LogP contribution in [0.4, 0.5) is 0 Å². The van der Waals surface area contributed by atoms with E-state index in [1.807, 2.05) is 0 Å². The maximum Gasteiger partial charge on any atom is 0.306 e. The van der Waals surface area contributed by atoms with E-state index in [1.165, 1.54) is 109 Å². The van der Waals surface area contributed by atoms with Crippen molar-refractivity contribution in [3.63, 3.8) is 0 Å². The Balaban J connectivity index is 4.35. The van der Waals surface area contributed by atoms with E-state index in [2.05, 4.69) is 53.4 Å². The van der Waals surface area contributed by atoms with Gasteiger partial charge in [0.25, 0.3) is 0 Å². The Kier molecular flexibility index (Phi) is 35.5. The van der Waals surface area contributed by atoms with Crippen LogP contribution in [0, 0.1) is 10.8 Å². The van der Waals surface area contributed by atoms with Crippen LogP contribution in [-0.4, -0.2) is 60.9 Å². The van der Waals surface area contributed by atoms with Gasteiger partial charge in [0.15, 0.2) is 0 Å². The molecule has 0 aliphatic carbocycles. The average molecular weight is 766 g/mol. The van der Waals surface area contributed by atoms with Gasteiger partial charge in [0.2, 0.25) is 0 Å². The summed E-state index contributed by atoms with van der Waals surface area (Å²) in [7, 11) is 0. The maximum atomic E-state index is 13.0. The van der Waals surface area contributed by atoms with Gasteiger partial charge in [0.05, 0.1) is 13.2 Å².